The molecule has 0 aliphatic carbocycles. The third kappa shape index (κ3) is 2.38. The Balaban J connectivity index is 2.60. The zero-order valence-electron chi connectivity index (χ0n) is 8.97. The molecule has 0 spiro atoms. The summed E-state index contributed by atoms with van der Waals surface area (Å²) >= 11 is 11.7. The van der Waals surface area contributed by atoms with Crippen LogP contribution >= 0.6 is 23.2 Å². The molecule has 1 N–H and O–H groups in total. The predicted molar refractivity (Wildman–Crippen MR) is 68.3 cm³/mol. The van der Waals surface area contributed by atoms with Gasteiger partial charge < -0.3 is 5.11 Å². The van der Waals surface area contributed by atoms with Crippen LogP contribution in [0.4, 0.5) is 4.39 Å². The highest BCUT2D eigenvalue weighted by Gasteiger charge is 2.10. The Hall–Kier alpha value is -1.25. The number of halogens is 3. The molecule has 0 heterocycles. The van der Waals surface area contributed by atoms with E-state index < -0.39 is 5.82 Å². The molecule has 2 aromatic carbocycles. The Morgan fingerprint density at radius 2 is 1.76 bits per heavy atom. The van der Waals surface area contributed by atoms with E-state index in [1.165, 1.54) is 6.07 Å². The third-order valence-electron chi connectivity index (χ3n) is 2.52. The molecule has 17 heavy (non-hydrogen) atoms. The zero-order chi connectivity index (χ0) is 12.6. The number of hydrogen-bond donors (Lipinski definition) is 1. The van der Waals surface area contributed by atoms with Gasteiger partial charge in [-0.3, -0.25) is 0 Å². The number of phenolic OH excluding ortho intramolecular Hbond substituents is 1. The average Bonchev–Trinajstić information content (AvgIpc) is 2.27. The monoisotopic (exact) mass is 270 g/mol. The van der Waals surface area contributed by atoms with Gasteiger partial charge in [0, 0.05) is 16.7 Å². The number of hydrogen-bond acceptors (Lipinski definition) is 1. The van der Waals surface area contributed by atoms with Crippen molar-refractivity contribution in [2.24, 2.45) is 0 Å². The molecule has 88 valence electrons. The molecule has 0 aromatic heterocycles. The lowest BCUT2D eigenvalue weighted by atomic mass is 10.0. The van der Waals surface area contributed by atoms with Gasteiger partial charge in [0.1, 0.15) is 11.6 Å². The average molecular weight is 271 g/mol. The lowest BCUT2D eigenvalue weighted by molar-refractivity contribution is 0.471. The molecule has 0 radical (unpaired) electrons. The highest BCUT2D eigenvalue weighted by Crippen LogP contribution is 2.35. The standard InChI is InChI=1S/C13H9Cl2FO/c1-7-2-3-8(4-10(7)14)9-5-11(15)12(16)6-13(9)17/h2-6,17H,1H3. The van der Waals surface area contributed by atoms with Gasteiger partial charge in [0.25, 0.3) is 0 Å². The van der Waals surface area contributed by atoms with Crippen molar-refractivity contribution >= 4 is 23.2 Å². The molecular formula is C13H9Cl2FO. The summed E-state index contributed by atoms with van der Waals surface area (Å²) in [6, 6.07) is 7.71. The Kier molecular flexibility index (Phi) is 3.27. The van der Waals surface area contributed by atoms with Crippen molar-refractivity contribution in [3.05, 3.63) is 51.8 Å². The molecule has 0 bridgehead atoms. The highest BCUT2D eigenvalue weighted by molar-refractivity contribution is 6.32. The molecule has 0 fully saturated rings. The van der Waals surface area contributed by atoms with E-state index in [9.17, 15) is 9.50 Å². The van der Waals surface area contributed by atoms with Crippen LogP contribution in [0.2, 0.25) is 10.0 Å². The van der Waals surface area contributed by atoms with Crippen LogP contribution < -0.4 is 0 Å². The van der Waals surface area contributed by atoms with Gasteiger partial charge >= 0.3 is 0 Å². The van der Waals surface area contributed by atoms with E-state index in [1.54, 1.807) is 12.1 Å². The Morgan fingerprint density at radius 1 is 1.06 bits per heavy atom. The molecule has 4 heteroatoms. The van der Waals surface area contributed by atoms with Gasteiger partial charge in [0.05, 0.1) is 5.02 Å². The molecule has 0 saturated carbocycles. The van der Waals surface area contributed by atoms with Crippen LogP contribution in [0.5, 0.6) is 5.75 Å². The van der Waals surface area contributed by atoms with Gasteiger partial charge in [0.15, 0.2) is 0 Å². The summed E-state index contributed by atoms with van der Waals surface area (Å²) in [6.07, 6.45) is 0. The molecule has 0 unspecified atom stereocenters. The van der Waals surface area contributed by atoms with E-state index in [0.29, 0.717) is 16.1 Å². The zero-order valence-corrected chi connectivity index (χ0v) is 10.5. The normalized spacial score (nSPS) is 10.6. The Labute approximate surface area is 108 Å². The van der Waals surface area contributed by atoms with Crippen molar-refractivity contribution in [2.75, 3.05) is 0 Å². The molecular weight excluding hydrogens is 262 g/mol. The van der Waals surface area contributed by atoms with Gasteiger partial charge in [-0.15, -0.1) is 0 Å². The summed E-state index contributed by atoms with van der Waals surface area (Å²) in [4.78, 5) is 0. The van der Waals surface area contributed by atoms with E-state index in [1.807, 2.05) is 13.0 Å². The van der Waals surface area contributed by atoms with Crippen molar-refractivity contribution in [3.63, 3.8) is 0 Å². The molecule has 0 aliphatic rings. The van der Waals surface area contributed by atoms with Crippen LogP contribution in [0.25, 0.3) is 11.1 Å². The van der Waals surface area contributed by atoms with Crippen LogP contribution in [0.15, 0.2) is 30.3 Å². The summed E-state index contributed by atoms with van der Waals surface area (Å²) < 4.78 is 13.1. The first-order valence-electron chi connectivity index (χ1n) is 4.93. The molecule has 2 aromatic rings. The minimum atomic E-state index is -0.647. The largest absolute Gasteiger partial charge is 0.507 e. The minimum Gasteiger partial charge on any atom is -0.507 e. The van der Waals surface area contributed by atoms with E-state index >= 15 is 0 Å². The molecule has 0 aliphatic heterocycles. The second kappa shape index (κ2) is 4.55. The predicted octanol–water partition coefficient (Wildman–Crippen LogP) is 4.81. The van der Waals surface area contributed by atoms with Crippen molar-refractivity contribution in [1.82, 2.24) is 0 Å². The van der Waals surface area contributed by atoms with Gasteiger partial charge in [-0.2, -0.15) is 0 Å². The fraction of sp³-hybridized carbons (Fsp3) is 0.0769. The lowest BCUT2D eigenvalue weighted by Gasteiger charge is -2.08. The fourth-order valence-corrected chi connectivity index (χ4v) is 1.87. The van der Waals surface area contributed by atoms with E-state index in [-0.39, 0.29) is 10.8 Å². The maximum Gasteiger partial charge on any atom is 0.145 e. The Morgan fingerprint density at radius 3 is 2.41 bits per heavy atom. The number of aromatic hydroxyl groups is 1. The maximum atomic E-state index is 13.1. The quantitative estimate of drug-likeness (QED) is 0.788. The first-order chi connectivity index (χ1) is 7.99. The first-order valence-corrected chi connectivity index (χ1v) is 5.69. The highest BCUT2D eigenvalue weighted by atomic mass is 35.5. The second-order valence-corrected chi connectivity index (χ2v) is 4.56. The summed E-state index contributed by atoms with van der Waals surface area (Å²) in [6.45, 7) is 1.88. The van der Waals surface area contributed by atoms with Crippen molar-refractivity contribution in [3.8, 4) is 16.9 Å². The van der Waals surface area contributed by atoms with Crippen LogP contribution in [-0.4, -0.2) is 5.11 Å². The van der Waals surface area contributed by atoms with E-state index in [2.05, 4.69) is 0 Å². The fourth-order valence-electron chi connectivity index (χ4n) is 1.53. The lowest BCUT2D eigenvalue weighted by Crippen LogP contribution is -1.84. The minimum absolute atomic E-state index is 0.0329. The van der Waals surface area contributed by atoms with E-state index in [0.717, 1.165) is 11.6 Å². The molecule has 0 amide bonds. The van der Waals surface area contributed by atoms with Gasteiger partial charge in [-0.1, -0.05) is 35.3 Å². The summed E-state index contributed by atoms with van der Waals surface area (Å²) in [7, 11) is 0. The second-order valence-electron chi connectivity index (χ2n) is 3.75. The molecule has 0 atom stereocenters. The first kappa shape index (κ1) is 12.2. The van der Waals surface area contributed by atoms with Crippen LogP contribution in [0, 0.1) is 12.7 Å². The topological polar surface area (TPSA) is 20.2 Å². The van der Waals surface area contributed by atoms with Crippen LogP contribution in [-0.2, 0) is 0 Å². The Bertz CT molecular complexity index is 582. The van der Waals surface area contributed by atoms with E-state index in [4.69, 9.17) is 23.2 Å². The number of benzene rings is 2. The number of aryl methyl sites for hydroxylation is 1. The van der Waals surface area contributed by atoms with Gasteiger partial charge in [0.2, 0.25) is 0 Å². The SMILES string of the molecule is Cc1ccc(-c2cc(Cl)c(F)cc2O)cc1Cl. The van der Waals surface area contributed by atoms with Crippen molar-refractivity contribution in [1.29, 1.82) is 0 Å². The van der Waals surface area contributed by atoms with Crippen molar-refractivity contribution < 1.29 is 9.50 Å². The molecule has 2 rings (SSSR count). The molecule has 1 nitrogen and oxygen atoms in total. The maximum absolute atomic E-state index is 13.1. The van der Waals surface area contributed by atoms with Gasteiger partial charge in [-0.25, -0.2) is 4.39 Å². The summed E-state index contributed by atoms with van der Waals surface area (Å²) in [5, 5.41) is 10.2. The van der Waals surface area contributed by atoms with Crippen LogP contribution in [0.3, 0.4) is 0 Å². The van der Waals surface area contributed by atoms with Crippen LogP contribution in [0.1, 0.15) is 5.56 Å². The summed E-state index contributed by atoms with van der Waals surface area (Å²) in [5.41, 5.74) is 2.08. The summed E-state index contributed by atoms with van der Waals surface area (Å²) in [5.74, 6) is -0.807. The number of rotatable bonds is 1. The van der Waals surface area contributed by atoms with Gasteiger partial charge in [-0.05, 0) is 30.2 Å². The molecule has 0 saturated heterocycles. The number of phenols is 1. The third-order valence-corrected chi connectivity index (χ3v) is 3.22. The van der Waals surface area contributed by atoms with Crippen molar-refractivity contribution in [2.45, 2.75) is 6.92 Å². The smallest absolute Gasteiger partial charge is 0.145 e.